The molecular formula is C11H14ClN3O3S. The molecule has 1 amide bonds. The maximum Gasteiger partial charge on any atom is 0.326 e. The van der Waals surface area contributed by atoms with Gasteiger partial charge in [-0.05, 0) is 12.2 Å². The van der Waals surface area contributed by atoms with Gasteiger partial charge in [-0.1, -0.05) is 11.6 Å². The van der Waals surface area contributed by atoms with E-state index in [0.29, 0.717) is 23.1 Å². The quantitative estimate of drug-likeness (QED) is 0.739. The summed E-state index contributed by atoms with van der Waals surface area (Å²) in [4.78, 5) is 29.7. The third-order valence-corrected chi connectivity index (χ3v) is 3.37. The average molecular weight is 304 g/mol. The summed E-state index contributed by atoms with van der Waals surface area (Å²) in [6, 6.07) is -0.846. The molecule has 0 saturated carbocycles. The Balaban J connectivity index is 2.30. The van der Waals surface area contributed by atoms with Gasteiger partial charge in [-0.3, -0.25) is 9.78 Å². The van der Waals surface area contributed by atoms with E-state index in [1.807, 2.05) is 0 Å². The van der Waals surface area contributed by atoms with Crippen LogP contribution in [-0.4, -0.2) is 38.7 Å². The van der Waals surface area contributed by atoms with Crippen LogP contribution in [0.25, 0.3) is 0 Å². The predicted molar refractivity (Wildman–Crippen MR) is 73.1 cm³/mol. The van der Waals surface area contributed by atoms with Crippen LogP contribution in [0.2, 0.25) is 5.15 Å². The number of hydrogen-bond acceptors (Lipinski definition) is 5. The summed E-state index contributed by atoms with van der Waals surface area (Å²) in [5, 5.41) is 11.6. The second-order valence-electron chi connectivity index (χ2n) is 3.76. The maximum atomic E-state index is 10.9. The van der Waals surface area contributed by atoms with E-state index in [9.17, 15) is 9.59 Å². The molecule has 1 aromatic heterocycles. The standard InChI is InChI=1S/C11H14ClN3O3S/c1-7(16)15-9(11(17)18)2-3-19-6-8-4-14-10(12)5-13-8/h4-5,9H,2-3,6H2,1H3,(H,15,16)(H,17,18). The van der Waals surface area contributed by atoms with Crippen LogP contribution in [0.1, 0.15) is 19.0 Å². The highest BCUT2D eigenvalue weighted by Crippen LogP contribution is 2.12. The lowest BCUT2D eigenvalue weighted by molar-refractivity contribution is -0.141. The number of nitrogens with one attached hydrogen (secondary N) is 1. The minimum Gasteiger partial charge on any atom is -0.480 e. The lowest BCUT2D eigenvalue weighted by Gasteiger charge is -2.12. The van der Waals surface area contributed by atoms with Crippen LogP contribution < -0.4 is 5.32 Å². The molecule has 0 bridgehead atoms. The zero-order chi connectivity index (χ0) is 14.3. The van der Waals surface area contributed by atoms with Crippen LogP contribution in [0, 0.1) is 0 Å². The Morgan fingerprint density at radius 3 is 2.74 bits per heavy atom. The highest BCUT2D eigenvalue weighted by atomic mass is 35.5. The Kier molecular flexibility index (Phi) is 6.58. The van der Waals surface area contributed by atoms with Crippen LogP contribution in [0.3, 0.4) is 0 Å². The molecule has 104 valence electrons. The Morgan fingerprint density at radius 1 is 1.47 bits per heavy atom. The van der Waals surface area contributed by atoms with Crippen LogP contribution in [0.5, 0.6) is 0 Å². The summed E-state index contributed by atoms with van der Waals surface area (Å²) in [7, 11) is 0. The van der Waals surface area contributed by atoms with Crippen LogP contribution >= 0.6 is 23.4 Å². The number of carboxylic acid groups (broad SMARTS) is 1. The van der Waals surface area contributed by atoms with Crippen molar-refractivity contribution in [2.45, 2.75) is 25.1 Å². The molecule has 8 heteroatoms. The van der Waals surface area contributed by atoms with E-state index >= 15 is 0 Å². The van der Waals surface area contributed by atoms with E-state index in [1.54, 1.807) is 6.20 Å². The van der Waals surface area contributed by atoms with Crippen molar-refractivity contribution in [1.82, 2.24) is 15.3 Å². The minimum atomic E-state index is -1.03. The smallest absolute Gasteiger partial charge is 0.326 e. The third-order valence-electron chi connectivity index (χ3n) is 2.15. The topological polar surface area (TPSA) is 92.2 Å². The van der Waals surface area contributed by atoms with E-state index in [2.05, 4.69) is 15.3 Å². The number of aromatic nitrogens is 2. The van der Waals surface area contributed by atoms with Gasteiger partial charge in [0.15, 0.2) is 0 Å². The van der Waals surface area contributed by atoms with Crippen molar-refractivity contribution >= 4 is 35.2 Å². The first-order chi connectivity index (χ1) is 8.99. The van der Waals surface area contributed by atoms with Gasteiger partial charge >= 0.3 is 5.97 Å². The molecule has 6 nitrogen and oxygen atoms in total. The number of hydrogen-bond donors (Lipinski definition) is 2. The van der Waals surface area contributed by atoms with Crippen molar-refractivity contribution in [1.29, 1.82) is 0 Å². The second kappa shape index (κ2) is 7.96. The van der Waals surface area contributed by atoms with Crippen molar-refractivity contribution in [2.75, 3.05) is 5.75 Å². The summed E-state index contributed by atoms with van der Waals surface area (Å²) < 4.78 is 0. The molecule has 0 spiro atoms. The molecule has 1 unspecified atom stereocenters. The average Bonchev–Trinajstić information content (AvgIpc) is 2.34. The van der Waals surface area contributed by atoms with Gasteiger partial charge in [-0.25, -0.2) is 9.78 Å². The van der Waals surface area contributed by atoms with Gasteiger partial charge in [-0.2, -0.15) is 11.8 Å². The molecule has 0 aliphatic carbocycles. The Morgan fingerprint density at radius 2 is 2.21 bits per heavy atom. The number of carbonyl (C=O) groups excluding carboxylic acids is 1. The summed E-state index contributed by atoms with van der Waals surface area (Å²) in [5.41, 5.74) is 0.779. The molecule has 0 radical (unpaired) electrons. The van der Waals surface area contributed by atoms with Crippen molar-refractivity contribution in [3.63, 3.8) is 0 Å². The largest absolute Gasteiger partial charge is 0.480 e. The molecule has 0 saturated heterocycles. The molecule has 1 heterocycles. The van der Waals surface area contributed by atoms with Crippen molar-refractivity contribution in [3.05, 3.63) is 23.2 Å². The maximum absolute atomic E-state index is 10.9. The molecule has 1 aromatic rings. The van der Waals surface area contributed by atoms with Crippen LogP contribution in [0.15, 0.2) is 12.4 Å². The summed E-state index contributed by atoms with van der Waals surface area (Å²) in [6.45, 7) is 1.30. The normalized spacial score (nSPS) is 11.9. The number of aliphatic carboxylic acids is 1. The lowest BCUT2D eigenvalue weighted by atomic mass is 10.2. The predicted octanol–water partition coefficient (Wildman–Crippen LogP) is 1.34. The van der Waals surface area contributed by atoms with Gasteiger partial charge in [0.1, 0.15) is 11.2 Å². The van der Waals surface area contributed by atoms with Crippen molar-refractivity contribution in [2.24, 2.45) is 0 Å². The molecule has 0 aliphatic rings. The molecular weight excluding hydrogens is 290 g/mol. The van der Waals surface area contributed by atoms with E-state index in [4.69, 9.17) is 16.7 Å². The monoisotopic (exact) mass is 303 g/mol. The van der Waals surface area contributed by atoms with Crippen LogP contribution in [-0.2, 0) is 15.3 Å². The minimum absolute atomic E-state index is 0.338. The molecule has 0 aliphatic heterocycles. The highest BCUT2D eigenvalue weighted by molar-refractivity contribution is 7.98. The fourth-order valence-electron chi connectivity index (χ4n) is 1.29. The van der Waals surface area contributed by atoms with Gasteiger partial charge in [0.25, 0.3) is 0 Å². The van der Waals surface area contributed by atoms with Gasteiger partial charge in [0, 0.05) is 12.7 Å². The van der Waals surface area contributed by atoms with E-state index in [0.717, 1.165) is 5.69 Å². The van der Waals surface area contributed by atoms with Gasteiger partial charge in [0.2, 0.25) is 5.91 Å². The number of amides is 1. The molecule has 1 atom stereocenters. The molecule has 19 heavy (non-hydrogen) atoms. The zero-order valence-electron chi connectivity index (χ0n) is 10.3. The van der Waals surface area contributed by atoms with E-state index in [-0.39, 0.29) is 5.91 Å². The van der Waals surface area contributed by atoms with Crippen molar-refractivity contribution in [3.8, 4) is 0 Å². The first-order valence-electron chi connectivity index (χ1n) is 5.53. The molecule has 1 rings (SSSR count). The summed E-state index contributed by atoms with van der Waals surface area (Å²) >= 11 is 7.14. The van der Waals surface area contributed by atoms with E-state index < -0.39 is 12.0 Å². The van der Waals surface area contributed by atoms with Gasteiger partial charge in [0.05, 0.1) is 18.1 Å². The lowest BCUT2D eigenvalue weighted by Crippen LogP contribution is -2.39. The number of thioether (sulfide) groups is 1. The first kappa shape index (κ1) is 15.7. The Labute approximate surface area is 120 Å². The molecule has 2 N–H and O–H groups in total. The van der Waals surface area contributed by atoms with Gasteiger partial charge < -0.3 is 10.4 Å². The fourth-order valence-corrected chi connectivity index (χ4v) is 2.30. The van der Waals surface area contributed by atoms with E-state index in [1.165, 1.54) is 24.9 Å². The third kappa shape index (κ3) is 6.40. The Hall–Kier alpha value is -1.34. The first-order valence-corrected chi connectivity index (χ1v) is 7.06. The SMILES string of the molecule is CC(=O)NC(CCSCc1cnc(Cl)cn1)C(=O)O. The number of rotatable bonds is 7. The number of nitrogens with zero attached hydrogens (tertiary/aromatic N) is 2. The Bertz CT molecular complexity index is 441. The van der Waals surface area contributed by atoms with Crippen LogP contribution in [0.4, 0.5) is 0 Å². The summed E-state index contributed by atoms with van der Waals surface area (Å²) in [5.74, 6) is -0.152. The summed E-state index contributed by atoms with van der Waals surface area (Å²) in [6.07, 6.45) is 3.41. The zero-order valence-corrected chi connectivity index (χ0v) is 11.9. The number of halogens is 1. The molecule has 0 aromatic carbocycles. The second-order valence-corrected chi connectivity index (χ2v) is 5.26. The molecule has 0 fully saturated rings. The number of carbonyl (C=O) groups is 2. The number of carboxylic acids is 1. The van der Waals surface area contributed by atoms with Crippen molar-refractivity contribution < 1.29 is 14.7 Å². The highest BCUT2D eigenvalue weighted by Gasteiger charge is 2.17. The fraction of sp³-hybridized carbons (Fsp3) is 0.455. The van der Waals surface area contributed by atoms with Gasteiger partial charge in [-0.15, -0.1) is 0 Å².